The second-order valence-corrected chi connectivity index (χ2v) is 7.26. The number of carbonyl (C=O) groups excluding carboxylic acids is 1. The Labute approximate surface area is 162 Å². The Bertz CT molecular complexity index is 719. The van der Waals surface area contributed by atoms with Crippen LogP contribution in [-0.4, -0.2) is 25.1 Å². The molecule has 1 N–H and O–H groups in total. The van der Waals surface area contributed by atoms with Gasteiger partial charge < -0.3 is 15.0 Å². The Morgan fingerprint density at radius 2 is 1.70 bits per heavy atom. The van der Waals surface area contributed by atoms with Crippen LogP contribution in [-0.2, 0) is 11.3 Å². The van der Waals surface area contributed by atoms with Gasteiger partial charge in [0.05, 0.1) is 0 Å². The van der Waals surface area contributed by atoms with E-state index in [0.717, 1.165) is 24.4 Å². The quantitative estimate of drug-likeness (QED) is 0.787. The number of anilines is 1. The van der Waals surface area contributed by atoms with Crippen molar-refractivity contribution < 1.29 is 9.53 Å². The summed E-state index contributed by atoms with van der Waals surface area (Å²) in [6.45, 7) is 6.80. The fourth-order valence-corrected chi connectivity index (χ4v) is 3.38. The monoisotopic (exact) mass is 366 g/mol. The maximum atomic E-state index is 12.5. The maximum absolute atomic E-state index is 12.5. The summed E-state index contributed by atoms with van der Waals surface area (Å²) in [5.41, 5.74) is 3.56. The zero-order chi connectivity index (χ0) is 19.1. The van der Waals surface area contributed by atoms with Crippen LogP contribution in [0.4, 0.5) is 5.69 Å². The number of nitrogens with one attached hydrogen (secondary N) is 1. The van der Waals surface area contributed by atoms with Crippen molar-refractivity contribution in [2.24, 2.45) is 0 Å². The van der Waals surface area contributed by atoms with Crippen molar-refractivity contribution in [2.75, 3.05) is 18.0 Å². The number of carbonyl (C=O) groups is 1. The molecule has 0 spiro atoms. The van der Waals surface area contributed by atoms with Crippen molar-refractivity contribution in [3.63, 3.8) is 0 Å². The molecule has 1 heterocycles. The Hall–Kier alpha value is -2.49. The molecule has 4 nitrogen and oxygen atoms in total. The standard InChI is InChI=1S/C23H30N2O2/c1-3-22(27-21-13-7-18(2)8-14-21)23(26)24-17-19-9-11-20(12-10-19)25-15-5-4-6-16-25/h7-14,22H,3-6,15-17H2,1-2H3,(H,24,26)/t22-/m1/s1. The highest BCUT2D eigenvalue weighted by Gasteiger charge is 2.18. The molecule has 1 amide bonds. The van der Waals surface area contributed by atoms with Crippen LogP contribution < -0.4 is 15.0 Å². The number of aryl methyl sites for hydroxylation is 1. The average molecular weight is 367 g/mol. The van der Waals surface area contributed by atoms with Gasteiger partial charge in [-0.05, 0) is 62.4 Å². The predicted molar refractivity (Wildman–Crippen MR) is 110 cm³/mol. The summed E-state index contributed by atoms with van der Waals surface area (Å²) in [6.07, 6.45) is 4.05. The van der Waals surface area contributed by atoms with E-state index in [2.05, 4.69) is 34.5 Å². The van der Waals surface area contributed by atoms with Crippen molar-refractivity contribution in [1.29, 1.82) is 0 Å². The number of rotatable bonds is 7. The van der Waals surface area contributed by atoms with Crippen LogP contribution in [0.5, 0.6) is 5.75 Å². The molecule has 1 aliphatic rings. The van der Waals surface area contributed by atoms with Crippen molar-refractivity contribution in [3.05, 3.63) is 59.7 Å². The molecule has 1 saturated heterocycles. The van der Waals surface area contributed by atoms with Crippen LogP contribution in [0.1, 0.15) is 43.7 Å². The largest absolute Gasteiger partial charge is 0.481 e. The Balaban J connectivity index is 1.51. The highest BCUT2D eigenvalue weighted by atomic mass is 16.5. The molecule has 0 unspecified atom stereocenters. The summed E-state index contributed by atoms with van der Waals surface area (Å²) in [7, 11) is 0. The van der Waals surface area contributed by atoms with Crippen LogP contribution in [0.3, 0.4) is 0 Å². The van der Waals surface area contributed by atoms with Crippen LogP contribution >= 0.6 is 0 Å². The van der Waals surface area contributed by atoms with Gasteiger partial charge in [0.15, 0.2) is 6.10 Å². The second-order valence-electron chi connectivity index (χ2n) is 7.26. The van der Waals surface area contributed by atoms with E-state index >= 15 is 0 Å². The molecule has 0 radical (unpaired) electrons. The Morgan fingerprint density at radius 3 is 2.33 bits per heavy atom. The molecule has 0 saturated carbocycles. The van der Waals surface area contributed by atoms with Crippen LogP contribution in [0.2, 0.25) is 0 Å². The molecule has 1 aliphatic heterocycles. The molecule has 0 bridgehead atoms. The summed E-state index contributed by atoms with van der Waals surface area (Å²) in [5, 5.41) is 3.00. The zero-order valence-corrected chi connectivity index (χ0v) is 16.4. The number of ether oxygens (including phenoxy) is 1. The first-order chi connectivity index (χ1) is 13.2. The highest BCUT2D eigenvalue weighted by Crippen LogP contribution is 2.20. The third-order valence-corrected chi connectivity index (χ3v) is 5.09. The molecule has 3 rings (SSSR count). The summed E-state index contributed by atoms with van der Waals surface area (Å²) < 4.78 is 5.85. The lowest BCUT2D eigenvalue weighted by atomic mass is 10.1. The number of amides is 1. The lowest BCUT2D eigenvalue weighted by Gasteiger charge is -2.28. The van der Waals surface area contributed by atoms with E-state index in [4.69, 9.17) is 4.74 Å². The molecule has 1 fully saturated rings. The molecule has 27 heavy (non-hydrogen) atoms. The second kappa shape index (κ2) is 9.45. The zero-order valence-electron chi connectivity index (χ0n) is 16.4. The van der Waals surface area contributed by atoms with Gasteiger partial charge in [-0.1, -0.05) is 36.8 Å². The van der Waals surface area contributed by atoms with Crippen molar-refractivity contribution in [2.45, 2.75) is 52.2 Å². The molecule has 0 aromatic heterocycles. The highest BCUT2D eigenvalue weighted by molar-refractivity contribution is 5.81. The molecular formula is C23H30N2O2. The van der Waals surface area contributed by atoms with E-state index < -0.39 is 6.10 Å². The summed E-state index contributed by atoms with van der Waals surface area (Å²) in [6, 6.07) is 16.3. The van der Waals surface area contributed by atoms with Crippen LogP contribution in [0.15, 0.2) is 48.5 Å². The Kier molecular flexibility index (Phi) is 6.74. The van der Waals surface area contributed by atoms with Gasteiger partial charge in [0.2, 0.25) is 0 Å². The van der Waals surface area contributed by atoms with Gasteiger partial charge in [0, 0.05) is 25.3 Å². The van der Waals surface area contributed by atoms with Gasteiger partial charge in [0.25, 0.3) is 5.91 Å². The van der Waals surface area contributed by atoms with Crippen molar-refractivity contribution in [1.82, 2.24) is 5.32 Å². The molecule has 2 aromatic rings. The third kappa shape index (κ3) is 5.49. The van der Waals surface area contributed by atoms with E-state index in [0.29, 0.717) is 13.0 Å². The number of hydrogen-bond acceptors (Lipinski definition) is 3. The number of benzene rings is 2. The van der Waals surface area contributed by atoms with Crippen molar-refractivity contribution in [3.8, 4) is 5.75 Å². The maximum Gasteiger partial charge on any atom is 0.261 e. The number of nitrogens with zero attached hydrogens (tertiary/aromatic N) is 1. The molecule has 2 aromatic carbocycles. The number of piperidine rings is 1. The van der Waals surface area contributed by atoms with Gasteiger partial charge in [-0.15, -0.1) is 0 Å². The third-order valence-electron chi connectivity index (χ3n) is 5.09. The minimum Gasteiger partial charge on any atom is -0.481 e. The van der Waals surface area contributed by atoms with E-state index in [-0.39, 0.29) is 5.91 Å². The molecule has 4 heteroatoms. The van der Waals surface area contributed by atoms with Gasteiger partial charge in [-0.25, -0.2) is 0 Å². The van der Waals surface area contributed by atoms with Gasteiger partial charge in [-0.3, -0.25) is 4.79 Å². The molecule has 144 valence electrons. The topological polar surface area (TPSA) is 41.6 Å². The van der Waals surface area contributed by atoms with Crippen LogP contribution in [0, 0.1) is 6.92 Å². The van der Waals surface area contributed by atoms with Gasteiger partial charge in [-0.2, -0.15) is 0 Å². The van der Waals surface area contributed by atoms with Gasteiger partial charge in [0.1, 0.15) is 5.75 Å². The van der Waals surface area contributed by atoms with Gasteiger partial charge >= 0.3 is 0 Å². The van der Waals surface area contributed by atoms with Crippen LogP contribution in [0.25, 0.3) is 0 Å². The van der Waals surface area contributed by atoms with Crippen molar-refractivity contribution >= 4 is 11.6 Å². The molecule has 0 aliphatic carbocycles. The lowest BCUT2D eigenvalue weighted by Crippen LogP contribution is -2.37. The van der Waals surface area contributed by atoms with E-state index in [1.165, 1.54) is 30.5 Å². The molecular weight excluding hydrogens is 336 g/mol. The Morgan fingerprint density at radius 1 is 1.04 bits per heavy atom. The smallest absolute Gasteiger partial charge is 0.261 e. The minimum absolute atomic E-state index is 0.0711. The fourth-order valence-electron chi connectivity index (χ4n) is 3.38. The average Bonchev–Trinajstić information content (AvgIpc) is 2.72. The number of hydrogen-bond donors (Lipinski definition) is 1. The van der Waals surface area contributed by atoms with E-state index in [9.17, 15) is 4.79 Å². The summed E-state index contributed by atoms with van der Waals surface area (Å²) in [4.78, 5) is 14.9. The lowest BCUT2D eigenvalue weighted by molar-refractivity contribution is -0.128. The SMILES string of the molecule is CC[C@@H](Oc1ccc(C)cc1)C(=O)NCc1ccc(N2CCCCC2)cc1. The normalized spacial score (nSPS) is 15.3. The first kappa shape index (κ1) is 19.3. The van der Waals surface area contributed by atoms with E-state index in [1.807, 2.05) is 38.1 Å². The first-order valence-corrected chi connectivity index (χ1v) is 10.0. The summed E-state index contributed by atoms with van der Waals surface area (Å²) >= 11 is 0. The fraction of sp³-hybridized carbons (Fsp3) is 0.435. The van der Waals surface area contributed by atoms with E-state index in [1.54, 1.807) is 0 Å². The molecule has 1 atom stereocenters. The summed E-state index contributed by atoms with van der Waals surface area (Å²) in [5.74, 6) is 0.659. The first-order valence-electron chi connectivity index (χ1n) is 10.0. The predicted octanol–water partition coefficient (Wildman–Crippen LogP) is 4.46. The minimum atomic E-state index is -0.472.